The van der Waals surface area contributed by atoms with Crippen LogP contribution < -0.4 is 0 Å². The lowest BCUT2D eigenvalue weighted by Gasteiger charge is -2.16. The molecule has 0 N–H and O–H groups in total. The van der Waals surface area contributed by atoms with Crippen LogP contribution in [0.5, 0.6) is 0 Å². The summed E-state index contributed by atoms with van der Waals surface area (Å²) in [5.74, 6) is -0.417. The number of nitrogens with zero attached hydrogens (tertiary/aromatic N) is 1. The highest BCUT2D eigenvalue weighted by Crippen LogP contribution is 2.15. The van der Waals surface area contributed by atoms with Gasteiger partial charge in [-0.1, -0.05) is 39.8 Å². The Labute approximate surface area is 80.1 Å². The largest absolute Gasteiger partial charge is 0.337 e. The number of rotatable bonds is 2. The minimum Gasteiger partial charge on any atom is -0.318 e. The van der Waals surface area contributed by atoms with Crippen molar-refractivity contribution < 1.29 is 9.63 Å². The Morgan fingerprint density at radius 1 is 1.31 bits per heavy atom. The predicted molar refractivity (Wildman–Crippen MR) is 53.5 cm³/mol. The number of carbonyl (C=O) groups is 1. The Hall–Kier alpha value is -0.860. The molecule has 0 bridgehead atoms. The molecule has 0 unspecified atom stereocenters. The Morgan fingerprint density at radius 3 is 2.08 bits per heavy atom. The van der Waals surface area contributed by atoms with Crippen molar-refractivity contribution in [3.05, 3.63) is 0 Å². The number of hydrogen-bond donors (Lipinski definition) is 0. The van der Waals surface area contributed by atoms with Gasteiger partial charge in [0.1, 0.15) is 0 Å². The Morgan fingerprint density at radius 2 is 1.77 bits per heavy atom. The molecule has 0 rings (SSSR count). The summed E-state index contributed by atoms with van der Waals surface area (Å²) in [6.45, 7) is 11.5. The van der Waals surface area contributed by atoms with Crippen molar-refractivity contribution >= 4 is 11.7 Å². The molecule has 0 aromatic rings. The van der Waals surface area contributed by atoms with Crippen LogP contribution in [0.1, 0.15) is 41.5 Å². The first-order valence-electron chi connectivity index (χ1n) is 4.51. The Balaban J connectivity index is 4.21. The van der Waals surface area contributed by atoms with Crippen LogP contribution in [0, 0.1) is 11.3 Å². The summed E-state index contributed by atoms with van der Waals surface area (Å²) in [5.41, 5.74) is 0.776. The molecular weight excluding hydrogens is 166 g/mol. The molecule has 3 nitrogen and oxygen atoms in total. The smallest absolute Gasteiger partial charge is 0.318 e. The van der Waals surface area contributed by atoms with Gasteiger partial charge in [-0.05, 0) is 6.92 Å². The zero-order valence-electron chi connectivity index (χ0n) is 9.34. The second-order valence-corrected chi connectivity index (χ2v) is 4.49. The van der Waals surface area contributed by atoms with Crippen molar-refractivity contribution in [3.63, 3.8) is 0 Å². The molecule has 0 aliphatic rings. The summed E-state index contributed by atoms with van der Waals surface area (Å²) < 4.78 is 0. The zero-order chi connectivity index (χ0) is 10.6. The van der Waals surface area contributed by atoms with Crippen LogP contribution in [0.2, 0.25) is 0 Å². The molecule has 0 aromatic heterocycles. The highest BCUT2D eigenvalue weighted by Gasteiger charge is 2.16. The van der Waals surface area contributed by atoms with Crippen LogP contribution >= 0.6 is 0 Å². The van der Waals surface area contributed by atoms with Crippen LogP contribution in [0.25, 0.3) is 0 Å². The summed E-state index contributed by atoms with van der Waals surface area (Å²) >= 11 is 0. The van der Waals surface area contributed by atoms with Gasteiger partial charge in [-0.15, -0.1) is 0 Å². The van der Waals surface area contributed by atoms with Gasteiger partial charge in [0.05, 0.1) is 11.6 Å². The normalized spacial score (nSPS) is 13.3. The third-order valence-corrected chi connectivity index (χ3v) is 1.83. The van der Waals surface area contributed by atoms with Crippen molar-refractivity contribution in [2.75, 3.05) is 0 Å². The van der Waals surface area contributed by atoms with E-state index in [1.807, 2.05) is 27.7 Å². The van der Waals surface area contributed by atoms with Gasteiger partial charge in [0.2, 0.25) is 0 Å². The number of carbonyl (C=O) groups excluding carboxylic acids is 1. The lowest BCUT2D eigenvalue weighted by atomic mass is 9.91. The van der Waals surface area contributed by atoms with E-state index in [9.17, 15) is 4.79 Å². The first-order valence-corrected chi connectivity index (χ1v) is 4.51. The van der Waals surface area contributed by atoms with Gasteiger partial charge in [0.25, 0.3) is 0 Å². The van der Waals surface area contributed by atoms with E-state index < -0.39 is 0 Å². The average Bonchev–Trinajstić information content (AvgIpc) is 1.97. The molecule has 0 fully saturated rings. The molecule has 0 radical (unpaired) electrons. The second kappa shape index (κ2) is 4.40. The maximum atomic E-state index is 11.0. The van der Waals surface area contributed by atoms with E-state index in [1.165, 1.54) is 0 Å². The van der Waals surface area contributed by atoms with Gasteiger partial charge >= 0.3 is 5.97 Å². The SMILES string of the molecule is C/C(=N/OC(=O)C(C)C)C(C)(C)C. The molecule has 0 heterocycles. The van der Waals surface area contributed by atoms with Crippen molar-refractivity contribution in [3.8, 4) is 0 Å². The van der Waals surface area contributed by atoms with Crippen molar-refractivity contribution in [1.29, 1.82) is 0 Å². The van der Waals surface area contributed by atoms with E-state index in [0.29, 0.717) is 0 Å². The molecule has 0 aliphatic carbocycles. The maximum absolute atomic E-state index is 11.0. The van der Waals surface area contributed by atoms with Gasteiger partial charge in [-0.25, -0.2) is 4.79 Å². The van der Waals surface area contributed by atoms with Crippen LogP contribution in [0.15, 0.2) is 5.16 Å². The monoisotopic (exact) mass is 185 g/mol. The first-order chi connectivity index (χ1) is 5.75. The van der Waals surface area contributed by atoms with Crippen molar-refractivity contribution in [2.45, 2.75) is 41.5 Å². The Kier molecular flexibility index (Phi) is 4.11. The molecule has 76 valence electrons. The first kappa shape index (κ1) is 12.1. The van der Waals surface area contributed by atoms with Crippen LogP contribution in [-0.4, -0.2) is 11.7 Å². The molecule has 0 saturated carbocycles. The fourth-order valence-corrected chi connectivity index (χ4v) is 0.356. The molecule has 0 amide bonds. The second-order valence-electron chi connectivity index (χ2n) is 4.49. The fraction of sp³-hybridized carbons (Fsp3) is 0.800. The summed E-state index contributed by atoms with van der Waals surface area (Å²) in [6.07, 6.45) is 0. The molecule has 3 heteroatoms. The number of hydrogen-bond acceptors (Lipinski definition) is 3. The summed E-state index contributed by atoms with van der Waals surface area (Å²) in [4.78, 5) is 15.8. The van der Waals surface area contributed by atoms with Gasteiger partial charge < -0.3 is 4.84 Å². The quantitative estimate of drug-likeness (QED) is 0.377. The maximum Gasteiger partial charge on any atom is 0.337 e. The van der Waals surface area contributed by atoms with Gasteiger partial charge in [0, 0.05) is 5.41 Å². The van der Waals surface area contributed by atoms with E-state index >= 15 is 0 Å². The molecular formula is C10H19NO2. The summed E-state index contributed by atoms with van der Waals surface area (Å²) in [7, 11) is 0. The highest BCUT2D eigenvalue weighted by atomic mass is 16.7. The standard InChI is InChI=1S/C10H19NO2/c1-7(2)9(12)13-11-8(3)10(4,5)6/h7H,1-6H3/b11-8-. The van der Waals surface area contributed by atoms with Gasteiger partial charge in [-0.2, -0.15) is 0 Å². The minimum atomic E-state index is -0.288. The predicted octanol–water partition coefficient (Wildman–Crippen LogP) is 2.61. The van der Waals surface area contributed by atoms with E-state index in [0.717, 1.165) is 5.71 Å². The van der Waals surface area contributed by atoms with E-state index in [1.54, 1.807) is 13.8 Å². The molecule has 0 atom stereocenters. The fourth-order valence-electron chi connectivity index (χ4n) is 0.356. The third-order valence-electron chi connectivity index (χ3n) is 1.83. The van der Waals surface area contributed by atoms with Crippen LogP contribution in [0.4, 0.5) is 0 Å². The van der Waals surface area contributed by atoms with Crippen LogP contribution in [0.3, 0.4) is 0 Å². The van der Waals surface area contributed by atoms with Crippen molar-refractivity contribution in [1.82, 2.24) is 0 Å². The Bertz CT molecular complexity index is 211. The highest BCUT2D eigenvalue weighted by molar-refractivity contribution is 5.87. The average molecular weight is 185 g/mol. The van der Waals surface area contributed by atoms with Gasteiger partial charge in [-0.3, -0.25) is 0 Å². The summed E-state index contributed by atoms with van der Waals surface area (Å²) in [6, 6.07) is 0. The molecule has 13 heavy (non-hydrogen) atoms. The minimum absolute atomic E-state index is 0.0444. The molecule has 0 aromatic carbocycles. The molecule has 0 spiro atoms. The van der Waals surface area contributed by atoms with E-state index in [4.69, 9.17) is 4.84 Å². The molecule has 0 aliphatic heterocycles. The third kappa shape index (κ3) is 4.65. The van der Waals surface area contributed by atoms with Gasteiger partial charge in [0.15, 0.2) is 0 Å². The molecule has 0 saturated heterocycles. The summed E-state index contributed by atoms with van der Waals surface area (Å²) in [5, 5.41) is 3.78. The zero-order valence-corrected chi connectivity index (χ0v) is 9.34. The number of oxime groups is 1. The lowest BCUT2D eigenvalue weighted by Crippen LogP contribution is -2.18. The lowest BCUT2D eigenvalue weighted by molar-refractivity contribution is -0.147. The van der Waals surface area contributed by atoms with Crippen LogP contribution in [-0.2, 0) is 9.63 Å². The van der Waals surface area contributed by atoms with Crippen molar-refractivity contribution in [2.24, 2.45) is 16.5 Å². The van der Waals surface area contributed by atoms with E-state index in [-0.39, 0.29) is 17.3 Å². The van der Waals surface area contributed by atoms with E-state index in [2.05, 4.69) is 5.16 Å². The topological polar surface area (TPSA) is 38.7 Å².